The standard InChI is InChI=1S/C2H7NO2/c4-2-1-3-5/h4H,1-3H2. The monoisotopic (exact) mass is 77.0 g/mol. The zero-order chi connectivity index (χ0) is 4.12. The van der Waals surface area contributed by atoms with Gasteiger partial charge in [0.05, 0.1) is 13.2 Å². The Labute approximate surface area is 30.2 Å². The van der Waals surface area contributed by atoms with Crippen molar-refractivity contribution in [2.75, 3.05) is 13.2 Å². The van der Waals surface area contributed by atoms with Crippen LogP contribution in [0.25, 0.3) is 0 Å². The number of hydrogen-bond acceptors (Lipinski definition) is 2. The number of quaternary nitrogens is 1. The molecule has 0 amide bonds. The van der Waals surface area contributed by atoms with Crippen molar-refractivity contribution in [3.63, 3.8) is 0 Å². The molecule has 0 aromatic heterocycles. The summed E-state index contributed by atoms with van der Waals surface area (Å²) < 4.78 is 0. The Morgan fingerprint density at radius 2 is 2.40 bits per heavy atom. The molecule has 3 nitrogen and oxygen atoms in total. The molecule has 32 valence electrons. The van der Waals surface area contributed by atoms with Gasteiger partial charge in [0.1, 0.15) is 0 Å². The molecule has 0 aliphatic rings. The van der Waals surface area contributed by atoms with Crippen molar-refractivity contribution in [1.29, 1.82) is 0 Å². The molecule has 0 aliphatic heterocycles. The molecule has 0 spiro atoms. The Morgan fingerprint density at radius 3 is 2.40 bits per heavy atom. The molecule has 5 heavy (non-hydrogen) atoms. The van der Waals surface area contributed by atoms with Gasteiger partial charge in [-0.1, -0.05) is 0 Å². The number of hydroxylamine groups is 1. The van der Waals surface area contributed by atoms with E-state index in [1.54, 1.807) is 0 Å². The van der Waals surface area contributed by atoms with Gasteiger partial charge in [-0.15, -0.1) is 0 Å². The smallest absolute Gasteiger partial charge is 0.0987 e. The van der Waals surface area contributed by atoms with E-state index in [0.717, 1.165) is 0 Å². The second kappa shape index (κ2) is 3.88. The summed E-state index contributed by atoms with van der Waals surface area (Å²) in [5.41, 5.74) is 0.681. The number of hydrogen-bond donors (Lipinski definition) is 2. The first-order valence-corrected chi connectivity index (χ1v) is 1.46. The second-order valence-electron chi connectivity index (χ2n) is 0.679. The lowest BCUT2D eigenvalue weighted by Crippen LogP contribution is -2.78. The van der Waals surface area contributed by atoms with Crippen molar-refractivity contribution in [1.82, 2.24) is 0 Å². The minimum absolute atomic E-state index is 0.0243. The lowest BCUT2D eigenvalue weighted by molar-refractivity contribution is -0.590. The van der Waals surface area contributed by atoms with Gasteiger partial charge in [0.25, 0.3) is 0 Å². The molecular formula is C2H7NO2. The van der Waals surface area contributed by atoms with Gasteiger partial charge in [-0.3, -0.25) is 0 Å². The predicted octanol–water partition coefficient (Wildman–Crippen LogP) is -1.96. The summed E-state index contributed by atoms with van der Waals surface area (Å²) in [5.74, 6) is 0. The minimum Gasteiger partial charge on any atom is -0.636 e. The highest BCUT2D eigenvalue weighted by atomic mass is 16.5. The summed E-state index contributed by atoms with van der Waals surface area (Å²) in [7, 11) is 0. The van der Waals surface area contributed by atoms with Crippen LogP contribution in [0.5, 0.6) is 0 Å². The Hall–Kier alpha value is -0.120. The Balaban J connectivity index is 2.19. The molecule has 0 radical (unpaired) electrons. The SMILES string of the molecule is [O-][NH2+]CCO. The molecule has 0 saturated heterocycles. The molecule has 0 aromatic carbocycles. The van der Waals surface area contributed by atoms with E-state index in [1.165, 1.54) is 0 Å². The zero-order valence-corrected chi connectivity index (χ0v) is 2.85. The van der Waals surface area contributed by atoms with Gasteiger partial charge in [0.2, 0.25) is 0 Å². The maximum Gasteiger partial charge on any atom is 0.0987 e. The summed E-state index contributed by atoms with van der Waals surface area (Å²) in [6.45, 7) is 0.240. The topological polar surface area (TPSA) is 59.9 Å². The van der Waals surface area contributed by atoms with E-state index in [4.69, 9.17) is 5.11 Å². The largest absolute Gasteiger partial charge is 0.636 e. The van der Waals surface area contributed by atoms with E-state index in [9.17, 15) is 5.21 Å². The lowest BCUT2D eigenvalue weighted by Gasteiger charge is -1.93. The molecule has 0 unspecified atom stereocenters. The van der Waals surface area contributed by atoms with Crippen LogP contribution in [0.3, 0.4) is 0 Å². The average molecular weight is 77.1 g/mol. The van der Waals surface area contributed by atoms with Crippen LogP contribution in [0.1, 0.15) is 0 Å². The Morgan fingerprint density at radius 1 is 1.80 bits per heavy atom. The minimum atomic E-state index is -0.0243. The molecule has 3 N–H and O–H groups in total. The maximum atomic E-state index is 9.24. The van der Waals surface area contributed by atoms with Crippen molar-refractivity contribution in [3.05, 3.63) is 5.21 Å². The fraction of sp³-hybridized carbons (Fsp3) is 1.00. The van der Waals surface area contributed by atoms with Crippen LogP contribution >= 0.6 is 0 Å². The molecule has 0 aliphatic carbocycles. The van der Waals surface area contributed by atoms with Gasteiger partial charge in [-0.2, -0.15) is 0 Å². The van der Waals surface area contributed by atoms with Crippen LogP contribution in [0.4, 0.5) is 0 Å². The van der Waals surface area contributed by atoms with Gasteiger partial charge in [-0.25, -0.2) is 0 Å². The van der Waals surface area contributed by atoms with E-state index in [-0.39, 0.29) is 13.2 Å². The molecule has 0 saturated carbocycles. The van der Waals surface area contributed by atoms with Gasteiger partial charge in [0.15, 0.2) is 0 Å². The van der Waals surface area contributed by atoms with E-state index >= 15 is 0 Å². The molecule has 0 heterocycles. The molecular weight excluding hydrogens is 70.0 g/mol. The second-order valence-corrected chi connectivity index (χ2v) is 0.679. The van der Waals surface area contributed by atoms with Crippen LogP contribution in [0.15, 0.2) is 0 Å². The van der Waals surface area contributed by atoms with E-state index in [1.807, 2.05) is 0 Å². The Bertz CT molecular complexity index is 15.1. The Kier molecular flexibility index (Phi) is 3.79. The summed E-state index contributed by atoms with van der Waals surface area (Å²) in [6, 6.07) is 0. The number of aliphatic hydroxyl groups excluding tert-OH is 1. The molecule has 0 bridgehead atoms. The van der Waals surface area contributed by atoms with Crippen molar-refractivity contribution in [2.45, 2.75) is 0 Å². The van der Waals surface area contributed by atoms with Crippen molar-refractivity contribution < 1.29 is 10.6 Å². The van der Waals surface area contributed by atoms with Gasteiger partial charge in [-0.05, 0) is 0 Å². The maximum absolute atomic E-state index is 9.24. The van der Waals surface area contributed by atoms with E-state index < -0.39 is 0 Å². The molecule has 0 fully saturated rings. The number of rotatable bonds is 2. The number of aliphatic hydroxyl groups is 1. The first kappa shape index (κ1) is 4.88. The summed E-state index contributed by atoms with van der Waals surface area (Å²) in [4.78, 5) is 0. The van der Waals surface area contributed by atoms with Gasteiger partial charge in [0, 0.05) is 0 Å². The molecule has 0 rings (SSSR count). The van der Waals surface area contributed by atoms with E-state index in [2.05, 4.69) is 0 Å². The first-order valence-electron chi connectivity index (χ1n) is 1.46. The van der Waals surface area contributed by atoms with Crippen LogP contribution in [0, 0.1) is 5.21 Å². The quantitative estimate of drug-likeness (QED) is 0.376. The fourth-order valence-electron chi connectivity index (χ4n) is 0.0527. The highest BCUT2D eigenvalue weighted by molar-refractivity contribution is 4.09. The molecule has 0 atom stereocenters. The average Bonchev–Trinajstić information content (AvgIpc) is 1.41. The van der Waals surface area contributed by atoms with Gasteiger partial charge < -0.3 is 15.8 Å². The molecule has 3 heteroatoms. The van der Waals surface area contributed by atoms with Crippen LogP contribution in [-0.4, -0.2) is 18.3 Å². The third-order valence-electron chi connectivity index (χ3n) is 0.247. The highest BCUT2D eigenvalue weighted by Crippen LogP contribution is 1.32. The highest BCUT2D eigenvalue weighted by Gasteiger charge is 1.66. The predicted molar refractivity (Wildman–Crippen MR) is 17.2 cm³/mol. The van der Waals surface area contributed by atoms with Crippen LogP contribution in [-0.2, 0) is 0 Å². The van der Waals surface area contributed by atoms with Crippen molar-refractivity contribution in [2.24, 2.45) is 0 Å². The van der Waals surface area contributed by atoms with Gasteiger partial charge >= 0.3 is 0 Å². The van der Waals surface area contributed by atoms with Crippen LogP contribution < -0.4 is 5.48 Å². The van der Waals surface area contributed by atoms with Crippen molar-refractivity contribution >= 4 is 0 Å². The third-order valence-corrected chi connectivity index (χ3v) is 0.247. The molecule has 0 aromatic rings. The third kappa shape index (κ3) is 3.88. The van der Waals surface area contributed by atoms with Crippen molar-refractivity contribution in [3.8, 4) is 0 Å². The summed E-state index contributed by atoms with van der Waals surface area (Å²) >= 11 is 0. The normalized spacial score (nSPS) is 8.40. The van der Waals surface area contributed by atoms with Crippen LogP contribution in [0.2, 0.25) is 0 Å². The summed E-state index contributed by atoms with van der Waals surface area (Å²) in [6.07, 6.45) is 0. The zero-order valence-electron chi connectivity index (χ0n) is 2.85. The number of nitrogens with two attached hydrogens (primary N) is 1. The first-order chi connectivity index (χ1) is 2.41. The van der Waals surface area contributed by atoms with E-state index in [0.29, 0.717) is 5.48 Å². The summed E-state index contributed by atoms with van der Waals surface area (Å²) in [5, 5.41) is 17.1. The lowest BCUT2D eigenvalue weighted by atomic mass is 10.8. The fourth-order valence-corrected chi connectivity index (χ4v) is 0.0527.